The Labute approximate surface area is 126 Å². The van der Waals surface area contributed by atoms with Crippen LogP contribution < -0.4 is 5.32 Å². The van der Waals surface area contributed by atoms with E-state index in [1.165, 1.54) is 19.0 Å². The molecular formula is C17H24FN3. The smallest absolute Gasteiger partial charge is 0.143 e. The fourth-order valence-corrected chi connectivity index (χ4v) is 3.11. The number of benzene rings is 1. The molecule has 1 aliphatic heterocycles. The number of nitriles is 1. The van der Waals surface area contributed by atoms with Crippen molar-refractivity contribution in [2.75, 3.05) is 25.0 Å². The molecule has 1 fully saturated rings. The average molecular weight is 289 g/mol. The van der Waals surface area contributed by atoms with Crippen molar-refractivity contribution in [2.24, 2.45) is 5.92 Å². The van der Waals surface area contributed by atoms with Crippen LogP contribution in [0.4, 0.5) is 10.1 Å². The highest BCUT2D eigenvalue weighted by atomic mass is 19.1. The predicted octanol–water partition coefficient (Wildman–Crippen LogP) is 3.62. The van der Waals surface area contributed by atoms with Gasteiger partial charge in [-0.2, -0.15) is 5.26 Å². The van der Waals surface area contributed by atoms with E-state index in [0.29, 0.717) is 11.6 Å². The molecule has 1 aromatic carbocycles. The average Bonchev–Trinajstić information content (AvgIpc) is 2.48. The molecule has 1 N–H and O–H groups in total. The summed E-state index contributed by atoms with van der Waals surface area (Å²) in [5, 5.41) is 12.4. The molecule has 2 rings (SSSR count). The number of nitrogens with zero attached hydrogens (tertiary/aromatic N) is 2. The molecule has 0 radical (unpaired) electrons. The number of nitrogens with one attached hydrogen (secondary N) is 1. The zero-order valence-electron chi connectivity index (χ0n) is 12.9. The number of hydrogen-bond donors (Lipinski definition) is 1. The van der Waals surface area contributed by atoms with Gasteiger partial charge in [0.25, 0.3) is 0 Å². The Morgan fingerprint density at radius 1 is 1.43 bits per heavy atom. The second kappa shape index (κ2) is 7.42. The number of rotatable bonds is 5. The van der Waals surface area contributed by atoms with Crippen LogP contribution in [0.3, 0.4) is 0 Å². The molecule has 1 saturated heterocycles. The van der Waals surface area contributed by atoms with Crippen LogP contribution in [-0.2, 0) is 0 Å². The van der Waals surface area contributed by atoms with Crippen molar-refractivity contribution in [1.82, 2.24) is 4.90 Å². The minimum Gasteiger partial charge on any atom is -0.381 e. The first-order chi connectivity index (χ1) is 10.2. The van der Waals surface area contributed by atoms with Crippen LogP contribution >= 0.6 is 0 Å². The maximum absolute atomic E-state index is 13.6. The van der Waals surface area contributed by atoms with E-state index in [2.05, 4.69) is 24.1 Å². The summed E-state index contributed by atoms with van der Waals surface area (Å²) in [4.78, 5) is 2.51. The Hall–Kier alpha value is -1.60. The predicted molar refractivity (Wildman–Crippen MR) is 83.7 cm³/mol. The standard InChI is InChI=1S/C17H24FN3/c1-3-9-21-10-7-14(8-11-21)13(2)20-17-6-4-5-16(18)15(17)12-19/h4-6,13-14,20H,3,7-11H2,1-2H3. The van der Waals surface area contributed by atoms with Gasteiger partial charge < -0.3 is 10.2 Å². The third-order valence-electron chi connectivity index (χ3n) is 4.39. The van der Waals surface area contributed by atoms with Crippen LogP contribution in [0, 0.1) is 23.1 Å². The van der Waals surface area contributed by atoms with Crippen LogP contribution in [0.5, 0.6) is 0 Å². The molecule has 114 valence electrons. The molecule has 0 aliphatic carbocycles. The Balaban J connectivity index is 1.95. The Kier molecular flexibility index (Phi) is 5.58. The number of anilines is 1. The molecule has 0 saturated carbocycles. The molecule has 1 aromatic rings. The number of piperidine rings is 1. The van der Waals surface area contributed by atoms with Gasteiger partial charge in [0.05, 0.1) is 5.69 Å². The monoisotopic (exact) mass is 289 g/mol. The van der Waals surface area contributed by atoms with Gasteiger partial charge >= 0.3 is 0 Å². The number of likely N-dealkylation sites (tertiary alicyclic amines) is 1. The number of hydrogen-bond acceptors (Lipinski definition) is 3. The van der Waals surface area contributed by atoms with Gasteiger partial charge in [0, 0.05) is 6.04 Å². The lowest BCUT2D eigenvalue weighted by Crippen LogP contribution is -2.39. The van der Waals surface area contributed by atoms with Crippen molar-refractivity contribution in [1.29, 1.82) is 5.26 Å². The molecule has 3 nitrogen and oxygen atoms in total. The van der Waals surface area contributed by atoms with Crippen molar-refractivity contribution in [2.45, 2.75) is 39.2 Å². The van der Waals surface area contributed by atoms with Crippen LogP contribution in [0.1, 0.15) is 38.7 Å². The summed E-state index contributed by atoms with van der Waals surface area (Å²) < 4.78 is 13.6. The van der Waals surface area contributed by atoms with Crippen molar-refractivity contribution in [3.8, 4) is 6.07 Å². The Morgan fingerprint density at radius 2 is 2.14 bits per heavy atom. The lowest BCUT2D eigenvalue weighted by atomic mass is 9.90. The maximum atomic E-state index is 13.6. The van der Waals surface area contributed by atoms with E-state index in [1.54, 1.807) is 12.1 Å². The highest BCUT2D eigenvalue weighted by molar-refractivity contribution is 5.58. The minimum atomic E-state index is -0.451. The molecule has 4 heteroatoms. The quantitative estimate of drug-likeness (QED) is 0.900. The molecule has 0 aromatic heterocycles. The van der Waals surface area contributed by atoms with Gasteiger partial charge in [-0.3, -0.25) is 0 Å². The summed E-state index contributed by atoms with van der Waals surface area (Å²) in [6, 6.07) is 6.96. The van der Waals surface area contributed by atoms with E-state index in [9.17, 15) is 4.39 Å². The van der Waals surface area contributed by atoms with Crippen LogP contribution in [0.15, 0.2) is 18.2 Å². The third-order valence-corrected chi connectivity index (χ3v) is 4.39. The van der Waals surface area contributed by atoms with Gasteiger partial charge in [-0.1, -0.05) is 13.0 Å². The fraction of sp³-hybridized carbons (Fsp3) is 0.588. The molecule has 0 amide bonds. The molecule has 0 spiro atoms. The molecule has 1 aliphatic rings. The summed E-state index contributed by atoms with van der Waals surface area (Å²) in [5.74, 6) is 0.125. The summed E-state index contributed by atoms with van der Waals surface area (Å²) in [7, 11) is 0. The van der Waals surface area contributed by atoms with Crippen molar-refractivity contribution in [3.63, 3.8) is 0 Å². The van der Waals surface area contributed by atoms with E-state index >= 15 is 0 Å². The van der Waals surface area contributed by atoms with E-state index in [4.69, 9.17) is 5.26 Å². The fourth-order valence-electron chi connectivity index (χ4n) is 3.11. The first-order valence-corrected chi connectivity index (χ1v) is 7.83. The molecule has 1 atom stereocenters. The highest BCUT2D eigenvalue weighted by Gasteiger charge is 2.24. The third kappa shape index (κ3) is 3.95. The lowest BCUT2D eigenvalue weighted by Gasteiger charge is -2.35. The Morgan fingerprint density at radius 3 is 2.76 bits per heavy atom. The molecule has 0 bridgehead atoms. The first kappa shape index (κ1) is 15.8. The topological polar surface area (TPSA) is 39.1 Å². The maximum Gasteiger partial charge on any atom is 0.143 e. The Bertz CT molecular complexity index is 501. The molecule has 1 unspecified atom stereocenters. The van der Waals surface area contributed by atoms with E-state index in [0.717, 1.165) is 25.9 Å². The molecule has 1 heterocycles. The summed E-state index contributed by atoms with van der Waals surface area (Å²) >= 11 is 0. The van der Waals surface area contributed by atoms with Gasteiger partial charge in [0.1, 0.15) is 17.4 Å². The van der Waals surface area contributed by atoms with E-state index < -0.39 is 5.82 Å². The van der Waals surface area contributed by atoms with Gasteiger partial charge in [0.2, 0.25) is 0 Å². The number of halogens is 1. The van der Waals surface area contributed by atoms with E-state index in [1.807, 2.05) is 6.07 Å². The second-order valence-corrected chi connectivity index (χ2v) is 5.89. The highest BCUT2D eigenvalue weighted by Crippen LogP contribution is 2.25. The SMILES string of the molecule is CCCN1CCC(C(C)Nc2cccc(F)c2C#N)CC1. The molecule has 21 heavy (non-hydrogen) atoms. The lowest BCUT2D eigenvalue weighted by molar-refractivity contribution is 0.176. The van der Waals surface area contributed by atoms with Crippen molar-refractivity contribution >= 4 is 5.69 Å². The van der Waals surface area contributed by atoms with Gasteiger partial charge in [-0.15, -0.1) is 0 Å². The van der Waals surface area contributed by atoms with E-state index in [-0.39, 0.29) is 11.6 Å². The van der Waals surface area contributed by atoms with Crippen molar-refractivity contribution < 1.29 is 4.39 Å². The van der Waals surface area contributed by atoms with Crippen LogP contribution in [0.2, 0.25) is 0 Å². The normalized spacial score (nSPS) is 18.2. The summed E-state index contributed by atoms with van der Waals surface area (Å²) in [6.07, 6.45) is 3.52. The summed E-state index contributed by atoms with van der Waals surface area (Å²) in [6.45, 7) is 7.80. The minimum absolute atomic E-state index is 0.118. The van der Waals surface area contributed by atoms with Crippen LogP contribution in [-0.4, -0.2) is 30.6 Å². The zero-order valence-corrected chi connectivity index (χ0v) is 12.9. The molecular weight excluding hydrogens is 265 g/mol. The van der Waals surface area contributed by atoms with Gasteiger partial charge in [-0.05, 0) is 63.9 Å². The van der Waals surface area contributed by atoms with Gasteiger partial charge in [-0.25, -0.2) is 4.39 Å². The second-order valence-electron chi connectivity index (χ2n) is 5.89. The largest absolute Gasteiger partial charge is 0.381 e. The zero-order chi connectivity index (χ0) is 15.2. The van der Waals surface area contributed by atoms with Crippen molar-refractivity contribution in [3.05, 3.63) is 29.6 Å². The summed E-state index contributed by atoms with van der Waals surface area (Å²) in [5.41, 5.74) is 0.730. The van der Waals surface area contributed by atoms with Crippen LogP contribution in [0.25, 0.3) is 0 Å². The van der Waals surface area contributed by atoms with Gasteiger partial charge in [0.15, 0.2) is 0 Å². The first-order valence-electron chi connectivity index (χ1n) is 7.83.